The zero-order chi connectivity index (χ0) is 12.9. The molecule has 17 heavy (non-hydrogen) atoms. The molecule has 1 aromatic heterocycles. The Bertz CT molecular complexity index is 357. The van der Waals surface area contributed by atoms with E-state index in [-0.39, 0.29) is 17.5 Å². The molecule has 4 nitrogen and oxygen atoms in total. The summed E-state index contributed by atoms with van der Waals surface area (Å²) in [6.45, 7) is 5.79. The zero-order valence-corrected chi connectivity index (χ0v) is 10.7. The fourth-order valence-corrected chi connectivity index (χ4v) is 1.46. The molecule has 1 rings (SSSR count). The molecule has 0 aliphatic heterocycles. The maximum Gasteiger partial charge on any atom is 0.220 e. The van der Waals surface area contributed by atoms with Crippen LogP contribution in [-0.2, 0) is 4.79 Å². The summed E-state index contributed by atoms with van der Waals surface area (Å²) in [6.07, 6.45) is 4.61. The Morgan fingerprint density at radius 3 is 2.82 bits per heavy atom. The summed E-state index contributed by atoms with van der Waals surface area (Å²) >= 11 is 0. The van der Waals surface area contributed by atoms with Gasteiger partial charge in [-0.15, -0.1) is 0 Å². The predicted molar refractivity (Wildman–Crippen MR) is 68.3 cm³/mol. The molecular formula is C13H21N3O. The summed E-state index contributed by atoms with van der Waals surface area (Å²) in [6, 6.07) is 3.79. The number of nitrogens with zero attached hydrogens (tertiary/aromatic N) is 1. The second-order valence-corrected chi connectivity index (χ2v) is 5.06. The van der Waals surface area contributed by atoms with Crippen LogP contribution in [0.5, 0.6) is 0 Å². The molecule has 0 saturated heterocycles. The molecule has 4 heteroatoms. The molecule has 1 atom stereocenters. The number of hydrogen-bond donors (Lipinski definition) is 2. The summed E-state index contributed by atoms with van der Waals surface area (Å²) < 4.78 is 0. The van der Waals surface area contributed by atoms with Crippen molar-refractivity contribution in [2.24, 2.45) is 5.73 Å². The van der Waals surface area contributed by atoms with Gasteiger partial charge in [0.1, 0.15) is 0 Å². The van der Waals surface area contributed by atoms with E-state index in [2.05, 4.69) is 10.3 Å². The van der Waals surface area contributed by atoms with E-state index >= 15 is 0 Å². The van der Waals surface area contributed by atoms with E-state index in [1.54, 1.807) is 12.4 Å². The topological polar surface area (TPSA) is 68.0 Å². The SMILES string of the molecule is CC(NC(=O)CCC(C)(C)N)c1cccnc1. The Labute approximate surface area is 103 Å². The molecule has 0 radical (unpaired) electrons. The van der Waals surface area contributed by atoms with Gasteiger partial charge in [0.25, 0.3) is 0 Å². The van der Waals surface area contributed by atoms with E-state index in [9.17, 15) is 4.79 Å². The standard InChI is InChI=1S/C13H21N3O/c1-10(11-5-4-8-15-9-11)16-12(17)6-7-13(2,3)14/h4-5,8-10H,6-7,14H2,1-3H3,(H,16,17). The highest BCUT2D eigenvalue weighted by molar-refractivity contribution is 5.76. The number of hydrogen-bond acceptors (Lipinski definition) is 3. The second kappa shape index (κ2) is 5.77. The number of rotatable bonds is 5. The molecule has 1 unspecified atom stereocenters. The highest BCUT2D eigenvalue weighted by Crippen LogP contribution is 2.11. The van der Waals surface area contributed by atoms with Gasteiger partial charge >= 0.3 is 0 Å². The van der Waals surface area contributed by atoms with Gasteiger partial charge in [-0.3, -0.25) is 9.78 Å². The number of nitrogens with one attached hydrogen (secondary N) is 1. The highest BCUT2D eigenvalue weighted by Gasteiger charge is 2.15. The van der Waals surface area contributed by atoms with Crippen LogP contribution in [0.1, 0.15) is 45.2 Å². The lowest BCUT2D eigenvalue weighted by Crippen LogP contribution is -2.35. The third-order valence-corrected chi connectivity index (χ3v) is 2.56. The van der Waals surface area contributed by atoms with Gasteiger partial charge in [-0.25, -0.2) is 0 Å². The lowest BCUT2D eigenvalue weighted by Gasteiger charge is -2.19. The third-order valence-electron chi connectivity index (χ3n) is 2.56. The second-order valence-electron chi connectivity index (χ2n) is 5.06. The van der Waals surface area contributed by atoms with Crippen molar-refractivity contribution in [2.45, 2.75) is 45.2 Å². The molecule has 1 aromatic rings. The molecule has 0 aromatic carbocycles. The van der Waals surface area contributed by atoms with Crippen LogP contribution in [0, 0.1) is 0 Å². The Balaban J connectivity index is 2.42. The number of nitrogens with two attached hydrogens (primary N) is 1. The average Bonchev–Trinajstić information content (AvgIpc) is 2.27. The van der Waals surface area contributed by atoms with Crippen LogP contribution < -0.4 is 11.1 Å². The largest absolute Gasteiger partial charge is 0.350 e. The fourth-order valence-electron chi connectivity index (χ4n) is 1.46. The molecule has 1 amide bonds. The molecule has 0 bridgehead atoms. The molecule has 0 saturated carbocycles. The van der Waals surface area contributed by atoms with E-state index < -0.39 is 0 Å². The maximum absolute atomic E-state index is 11.7. The highest BCUT2D eigenvalue weighted by atomic mass is 16.1. The Hall–Kier alpha value is -1.42. The van der Waals surface area contributed by atoms with Crippen LogP contribution in [0.4, 0.5) is 0 Å². The van der Waals surface area contributed by atoms with Crippen LogP contribution in [0.2, 0.25) is 0 Å². The Morgan fingerprint density at radius 1 is 1.59 bits per heavy atom. The summed E-state index contributed by atoms with van der Waals surface area (Å²) in [5.74, 6) is 0.0277. The summed E-state index contributed by atoms with van der Waals surface area (Å²) in [5, 5.41) is 2.93. The van der Waals surface area contributed by atoms with Gasteiger partial charge in [-0.05, 0) is 38.8 Å². The first-order valence-corrected chi connectivity index (χ1v) is 5.87. The van der Waals surface area contributed by atoms with E-state index in [0.717, 1.165) is 5.56 Å². The normalized spacial score (nSPS) is 13.2. The quantitative estimate of drug-likeness (QED) is 0.817. The van der Waals surface area contributed by atoms with Gasteiger partial charge in [-0.1, -0.05) is 6.07 Å². The van der Waals surface area contributed by atoms with Crippen molar-refractivity contribution in [1.29, 1.82) is 0 Å². The minimum atomic E-state index is -0.297. The van der Waals surface area contributed by atoms with Gasteiger partial charge in [0, 0.05) is 24.4 Å². The number of pyridine rings is 1. The van der Waals surface area contributed by atoms with Crippen molar-refractivity contribution < 1.29 is 4.79 Å². The van der Waals surface area contributed by atoms with Crippen LogP contribution in [0.25, 0.3) is 0 Å². The van der Waals surface area contributed by atoms with Crippen molar-refractivity contribution >= 4 is 5.91 Å². The van der Waals surface area contributed by atoms with E-state index in [4.69, 9.17) is 5.73 Å². The molecule has 0 spiro atoms. The Morgan fingerprint density at radius 2 is 2.29 bits per heavy atom. The van der Waals surface area contributed by atoms with Gasteiger partial charge < -0.3 is 11.1 Å². The van der Waals surface area contributed by atoms with Crippen LogP contribution in [0.3, 0.4) is 0 Å². The van der Waals surface area contributed by atoms with Crippen LogP contribution >= 0.6 is 0 Å². The Kier molecular flexibility index (Phi) is 4.63. The molecular weight excluding hydrogens is 214 g/mol. The molecule has 1 heterocycles. The van der Waals surface area contributed by atoms with Gasteiger partial charge in [0.05, 0.1) is 6.04 Å². The van der Waals surface area contributed by atoms with Crippen molar-refractivity contribution in [2.75, 3.05) is 0 Å². The van der Waals surface area contributed by atoms with Gasteiger partial charge in [-0.2, -0.15) is 0 Å². The van der Waals surface area contributed by atoms with Gasteiger partial charge in [0.15, 0.2) is 0 Å². The third kappa shape index (κ3) is 5.45. The average molecular weight is 235 g/mol. The van der Waals surface area contributed by atoms with Crippen molar-refractivity contribution in [3.05, 3.63) is 30.1 Å². The minimum Gasteiger partial charge on any atom is -0.350 e. The lowest BCUT2D eigenvalue weighted by atomic mass is 10.00. The number of carbonyl (C=O) groups excluding carboxylic acids is 1. The first-order chi connectivity index (χ1) is 7.88. The van der Waals surface area contributed by atoms with E-state index in [1.807, 2.05) is 32.9 Å². The predicted octanol–water partition coefficient (Wildman–Crippen LogP) is 1.78. The molecule has 0 aliphatic rings. The smallest absolute Gasteiger partial charge is 0.220 e. The minimum absolute atomic E-state index is 0.0166. The first kappa shape index (κ1) is 13.6. The van der Waals surface area contributed by atoms with Gasteiger partial charge in [0.2, 0.25) is 5.91 Å². The molecule has 0 fully saturated rings. The lowest BCUT2D eigenvalue weighted by molar-refractivity contribution is -0.122. The van der Waals surface area contributed by atoms with Crippen LogP contribution in [-0.4, -0.2) is 16.4 Å². The van der Waals surface area contributed by atoms with Crippen molar-refractivity contribution in [1.82, 2.24) is 10.3 Å². The summed E-state index contributed by atoms with van der Waals surface area (Å²) in [7, 11) is 0. The van der Waals surface area contributed by atoms with E-state index in [1.165, 1.54) is 0 Å². The maximum atomic E-state index is 11.7. The fraction of sp³-hybridized carbons (Fsp3) is 0.538. The number of aromatic nitrogens is 1. The molecule has 0 aliphatic carbocycles. The zero-order valence-electron chi connectivity index (χ0n) is 10.7. The summed E-state index contributed by atoms with van der Waals surface area (Å²) in [5.41, 5.74) is 6.55. The first-order valence-electron chi connectivity index (χ1n) is 5.87. The molecule has 3 N–H and O–H groups in total. The van der Waals surface area contributed by atoms with Crippen LogP contribution in [0.15, 0.2) is 24.5 Å². The molecule has 94 valence electrons. The monoisotopic (exact) mass is 235 g/mol. The van der Waals surface area contributed by atoms with Crippen molar-refractivity contribution in [3.63, 3.8) is 0 Å². The van der Waals surface area contributed by atoms with Crippen molar-refractivity contribution in [3.8, 4) is 0 Å². The number of carbonyl (C=O) groups is 1. The number of amides is 1. The van der Waals surface area contributed by atoms with E-state index in [0.29, 0.717) is 12.8 Å². The summed E-state index contributed by atoms with van der Waals surface area (Å²) in [4.78, 5) is 15.7.